The molecule has 2 aliphatic rings. The van der Waals surface area contributed by atoms with Gasteiger partial charge < -0.3 is 9.52 Å². The molecule has 0 amide bonds. The highest BCUT2D eigenvalue weighted by Crippen LogP contribution is 2.47. The van der Waals surface area contributed by atoms with E-state index in [-0.39, 0.29) is 16.9 Å². The SMILES string of the molecule is CN1CCc2cc(C=CC(=O)O)oc2C1c1ccc2c(c1)C(C)(C)CCC2(C)C. The molecule has 1 unspecified atom stereocenters. The van der Waals surface area contributed by atoms with Crippen molar-refractivity contribution in [1.82, 2.24) is 4.90 Å². The standard InChI is InChI=1S/C25H31NO3/c1-24(2)11-12-25(3,4)20-15-16(6-8-19(20)24)22-23-17(10-13-26(22)5)14-18(29-23)7-9-21(27)28/h6-9,14-15,22H,10-13H2,1-5H3,(H,27,28). The van der Waals surface area contributed by atoms with E-state index in [0.717, 1.165) is 24.8 Å². The van der Waals surface area contributed by atoms with Crippen LogP contribution in [0.25, 0.3) is 6.08 Å². The summed E-state index contributed by atoms with van der Waals surface area (Å²) in [5.74, 6) is 0.585. The number of aliphatic carboxylic acids is 1. The monoisotopic (exact) mass is 393 g/mol. The summed E-state index contributed by atoms with van der Waals surface area (Å²) in [7, 11) is 2.14. The van der Waals surface area contributed by atoms with E-state index in [0.29, 0.717) is 5.76 Å². The van der Waals surface area contributed by atoms with Crippen molar-refractivity contribution >= 4 is 12.0 Å². The Kier molecular flexibility index (Phi) is 4.73. The van der Waals surface area contributed by atoms with E-state index in [9.17, 15) is 4.79 Å². The van der Waals surface area contributed by atoms with Crippen molar-refractivity contribution in [2.45, 2.75) is 63.8 Å². The van der Waals surface area contributed by atoms with Gasteiger partial charge in [0.1, 0.15) is 11.5 Å². The number of hydrogen-bond acceptors (Lipinski definition) is 3. The molecule has 2 aromatic rings. The topological polar surface area (TPSA) is 53.7 Å². The maximum absolute atomic E-state index is 10.9. The molecule has 4 heteroatoms. The van der Waals surface area contributed by atoms with Crippen LogP contribution >= 0.6 is 0 Å². The van der Waals surface area contributed by atoms with Crippen LogP contribution in [0.2, 0.25) is 0 Å². The number of likely N-dealkylation sites (N-methyl/N-ethyl adjacent to an activating group) is 1. The van der Waals surface area contributed by atoms with Gasteiger partial charge >= 0.3 is 5.97 Å². The number of carboxylic acid groups (broad SMARTS) is 1. The van der Waals surface area contributed by atoms with Crippen LogP contribution in [0.5, 0.6) is 0 Å². The van der Waals surface area contributed by atoms with Gasteiger partial charge in [0.05, 0.1) is 6.04 Å². The van der Waals surface area contributed by atoms with Crippen molar-refractivity contribution in [2.75, 3.05) is 13.6 Å². The van der Waals surface area contributed by atoms with E-state index in [1.165, 1.54) is 41.2 Å². The lowest BCUT2D eigenvalue weighted by Gasteiger charge is -2.42. The molecule has 0 fully saturated rings. The number of nitrogens with zero attached hydrogens (tertiary/aromatic N) is 1. The normalized spacial score (nSPS) is 23.0. The Bertz CT molecular complexity index is 980. The molecule has 29 heavy (non-hydrogen) atoms. The minimum absolute atomic E-state index is 0.0527. The van der Waals surface area contributed by atoms with Gasteiger partial charge in [0.25, 0.3) is 0 Å². The molecular weight excluding hydrogens is 362 g/mol. The fraction of sp³-hybridized carbons (Fsp3) is 0.480. The first kappa shape index (κ1) is 20.0. The number of rotatable bonds is 3. The Morgan fingerprint density at radius 2 is 1.83 bits per heavy atom. The van der Waals surface area contributed by atoms with E-state index < -0.39 is 5.97 Å². The lowest BCUT2D eigenvalue weighted by Crippen LogP contribution is -2.35. The lowest BCUT2D eigenvalue weighted by atomic mass is 9.63. The van der Waals surface area contributed by atoms with Crippen LogP contribution in [0.3, 0.4) is 0 Å². The summed E-state index contributed by atoms with van der Waals surface area (Å²) in [5.41, 5.74) is 5.70. The van der Waals surface area contributed by atoms with Crippen LogP contribution < -0.4 is 0 Å². The molecule has 154 valence electrons. The van der Waals surface area contributed by atoms with Crippen molar-refractivity contribution in [3.63, 3.8) is 0 Å². The molecule has 0 saturated heterocycles. The molecule has 1 aliphatic heterocycles. The molecule has 4 nitrogen and oxygen atoms in total. The van der Waals surface area contributed by atoms with Gasteiger partial charge in [-0.15, -0.1) is 0 Å². The van der Waals surface area contributed by atoms with Crippen molar-refractivity contribution < 1.29 is 14.3 Å². The Labute approximate surface area is 173 Å². The van der Waals surface area contributed by atoms with Crippen LogP contribution in [0.1, 0.15) is 80.4 Å². The molecule has 4 rings (SSSR count). The Morgan fingerprint density at radius 1 is 1.14 bits per heavy atom. The molecule has 0 spiro atoms. The second-order valence-corrected chi connectivity index (χ2v) is 9.92. The van der Waals surface area contributed by atoms with Crippen molar-refractivity contribution in [3.8, 4) is 0 Å². The second kappa shape index (κ2) is 6.88. The van der Waals surface area contributed by atoms with Gasteiger partial charge in [-0.05, 0) is 71.5 Å². The summed E-state index contributed by atoms with van der Waals surface area (Å²) in [6.07, 6.45) is 5.98. The van der Waals surface area contributed by atoms with E-state index in [1.54, 1.807) is 0 Å². The quantitative estimate of drug-likeness (QED) is 0.719. The maximum Gasteiger partial charge on any atom is 0.328 e. The number of benzene rings is 1. The number of carbonyl (C=O) groups is 1. The largest absolute Gasteiger partial charge is 0.478 e. The minimum atomic E-state index is -0.965. The van der Waals surface area contributed by atoms with Crippen molar-refractivity contribution in [3.05, 3.63) is 64.1 Å². The van der Waals surface area contributed by atoms with Crippen LogP contribution in [0.15, 0.2) is 34.8 Å². The van der Waals surface area contributed by atoms with Gasteiger partial charge in [0.15, 0.2) is 0 Å². The van der Waals surface area contributed by atoms with E-state index in [2.05, 4.69) is 57.8 Å². The van der Waals surface area contributed by atoms with Gasteiger partial charge in [-0.3, -0.25) is 4.90 Å². The van der Waals surface area contributed by atoms with Crippen LogP contribution in [-0.4, -0.2) is 29.6 Å². The lowest BCUT2D eigenvalue weighted by molar-refractivity contribution is -0.131. The predicted octanol–water partition coefficient (Wildman–Crippen LogP) is 5.30. The molecule has 2 heterocycles. The molecule has 0 radical (unpaired) electrons. The van der Waals surface area contributed by atoms with Gasteiger partial charge in [0, 0.05) is 12.6 Å². The zero-order chi connectivity index (χ0) is 21.0. The number of hydrogen-bond donors (Lipinski definition) is 1. The minimum Gasteiger partial charge on any atom is -0.478 e. The molecule has 1 aromatic carbocycles. The average Bonchev–Trinajstić information content (AvgIpc) is 3.06. The molecule has 0 bridgehead atoms. The van der Waals surface area contributed by atoms with Gasteiger partial charge in [0.2, 0.25) is 0 Å². The third kappa shape index (κ3) is 3.55. The molecule has 1 aliphatic carbocycles. The summed E-state index contributed by atoms with van der Waals surface area (Å²) in [4.78, 5) is 13.2. The third-order valence-electron chi connectivity index (χ3n) is 6.87. The van der Waals surface area contributed by atoms with E-state index in [1.807, 2.05) is 6.07 Å². The summed E-state index contributed by atoms with van der Waals surface area (Å²) < 4.78 is 6.14. The average molecular weight is 394 g/mol. The Hall–Kier alpha value is -2.33. The zero-order valence-electron chi connectivity index (χ0n) is 18.1. The first-order chi connectivity index (χ1) is 13.6. The van der Waals surface area contributed by atoms with Crippen molar-refractivity contribution in [2.24, 2.45) is 0 Å². The van der Waals surface area contributed by atoms with E-state index >= 15 is 0 Å². The molecular formula is C25H31NO3. The number of furan rings is 1. The second-order valence-electron chi connectivity index (χ2n) is 9.92. The Balaban J connectivity index is 1.79. The fourth-order valence-corrected chi connectivity index (χ4v) is 4.94. The highest BCUT2D eigenvalue weighted by atomic mass is 16.4. The highest BCUT2D eigenvalue weighted by molar-refractivity contribution is 5.84. The van der Waals surface area contributed by atoms with Crippen LogP contribution in [-0.2, 0) is 22.0 Å². The smallest absolute Gasteiger partial charge is 0.328 e. The highest BCUT2D eigenvalue weighted by Gasteiger charge is 2.38. The van der Waals surface area contributed by atoms with Crippen molar-refractivity contribution in [1.29, 1.82) is 0 Å². The van der Waals surface area contributed by atoms with Gasteiger partial charge in [-0.25, -0.2) is 4.79 Å². The third-order valence-corrected chi connectivity index (χ3v) is 6.87. The molecule has 1 atom stereocenters. The van der Waals surface area contributed by atoms with Gasteiger partial charge in [-0.2, -0.15) is 0 Å². The summed E-state index contributed by atoms with van der Waals surface area (Å²) in [5, 5.41) is 8.92. The first-order valence-electron chi connectivity index (χ1n) is 10.5. The summed E-state index contributed by atoms with van der Waals surface area (Å²) in [6, 6.07) is 9.01. The Morgan fingerprint density at radius 3 is 2.52 bits per heavy atom. The van der Waals surface area contributed by atoms with Crippen LogP contribution in [0.4, 0.5) is 0 Å². The molecule has 1 aromatic heterocycles. The van der Waals surface area contributed by atoms with E-state index in [4.69, 9.17) is 9.52 Å². The number of fused-ring (bicyclic) bond motifs is 2. The maximum atomic E-state index is 10.9. The van der Waals surface area contributed by atoms with Crippen LogP contribution in [0, 0.1) is 0 Å². The predicted molar refractivity (Wildman–Crippen MR) is 115 cm³/mol. The molecule has 0 saturated carbocycles. The summed E-state index contributed by atoms with van der Waals surface area (Å²) >= 11 is 0. The van der Waals surface area contributed by atoms with Gasteiger partial charge in [-0.1, -0.05) is 45.9 Å². The fourth-order valence-electron chi connectivity index (χ4n) is 4.94. The first-order valence-corrected chi connectivity index (χ1v) is 10.5. The summed E-state index contributed by atoms with van der Waals surface area (Å²) in [6.45, 7) is 10.3. The number of carboxylic acids is 1. The molecule has 1 N–H and O–H groups in total. The zero-order valence-corrected chi connectivity index (χ0v) is 18.1.